The van der Waals surface area contributed by atoms with Crippen LogP contribution in [-0.2, 0) is 14.8 Å². The molecule has 2 rings (SSSR count). The number of amides is 1. The van der Waals surface area contributed by atoms with Crippen LogP contribution in [0.3, 0.4) is 0 Å². The fourth-order valence-corrected chi connectivity index (χ4v) is 3.76. The van der Waals surface area contributed by atoms with Gasteiger partial charge in [-0.15, -0.1) is 0 Å². The summed E-state index contributed by atoms with van der Waals surface area (Å²) in [5, 5.41) is 2.85. The predicted octanol–water partition coefficient (Wildman–Crippen LogP) is 2.69. The van der Waals surface area contributed by atoms with Gasteiger partial charge in [-0.2, -0.15) is 0 Å². The van der Waals surface area contributed by atoms with E-state index in [1.54, 1.807) is 12.1 Å². The van der Waals surface area contributed by atoms with Crippen molar-refractivity contribution < 1.29 is 13.2 Å². The number of aryl methyl sites for hydroxylation is 1. The van der Waals surface area contributed by atoms with E-state index in [0.717, 1.165) is 36.6 Å². The Morgan fingerprint density at radius 2 is 2.00 bits per heavy atom. The maximum atomic E-state index is 12.3. The molecule has 0 atom stereocenters. The number of allylic oxidation sites excluding steroid dienone is 1. The lowest BCUT2D eigenvalue weighted by molar-refractivity contribution is -0.119. The van der Waals surface area contributed by atoms with Crippen molar-refractivity contribution in [3.05, 3.63) is 41.0 Å². The van der Waals surface area contributed by atoms with Gasteiger partial charge in [-0.1, -0.05) is 23.8 Å². The highest BCUT2D eigenvalue weighted by Crippen LogP contribution is 2.24. The minimum Gasteiger partial charge on any atom is -0.351 e. The molecule has 0 saturated carbocycles. The van der Waals surface area contributed by atoms with E-state index in [0.29, 0.717) is 12.2 Å². The van der Waals surface area contributed by atoms with E-state index in [9.17, 15) is 13.2 Å². The molecule has 0 spiro atoms. The Labute approximate surface area is 144 Å². The van der Waals surface area contributed by atoms with Crippen LogP contribution < -0.4 is 9.62 Å². The van der Waals surface area contributed by atoms with Gasteiger partial charge >= 0.3 is 0 Å². The summed E-state index contributed by atoms with van der Waals surface area (Å²) >= 11 is 0. The number of sulfonamides is 1. The minimum atomic E-state index is -3.54. The zero-order valence-corrected chi connectivity index (χ0v) is 15.4. The Hall–Kier alpha value is -1.82. The number of nitrogens with zero attached hydrogens (tertiary/aromatic N) is 1. The number of anilines is 1. The van der Waals surface area contributed by atoms with Gasteiger partial charge < -0.3 is 5.32 Å². The quantitative estimate of drug-likeness (QED) is 0.802. The second-order valence-corrected chi connectivity index (χ2v) is 8.28. The highest BCUT2D eigenvalue weighted by atomic mass is 32.2. The van der Waals surface area contributed by atoms with Gasteiger partial charge in [0.25, 0.3) is 0 Å². The first kappa shape index (κ1) is 18.5. The molecule has 0 saturated heterocycles. The van der Waals surface area contributed by atoms with E-state index < -0.39 is 10.0 Å². The van der Waals surface area contributed by atoms with Crippen molar-refractivity contribution >= 4 is 21.6 Å². The molecule has 0 radical (unpaired) electrons. The average Bonchev–Trinajstić information content (AvgIpc) is 2.53. The first-order valence-corrected chi connectivity index (χ1v) is 10.1. The molecule has 1 aliphatic rings. The third kappa shape index (κ3) is 4.84. The van der Waals surface area contributed by atoms with Crippen LogP contribution in [0, 0.1) is 13.8 Å². The molecule has 0 unspecified atom stereocenters. The van der Waals surface area contributed by atoms with Crippen LogP contribution in [-0.4, -0.2) is 33.7 Å². The fourth-order valence-electron chi connectivity index (χ4n) is 2.85. The number of carbonyl (C=O) groups is 1. The largest absolute Gasteiger partial charge is 0.351 e. The van der Waals surface area contributed by atoms with Gasteiger partial charge in [0.15, 0.2) is 0 Å². The number of hydrogen-bond donors (Lipinski definition) is 1. The Morgan fingerprint density at radius 3 is 2.62 bits per heavy atom. The minimum absolute atomic E-state index is 0.198. The molecule has 1 aromatic rings. The molecule has 6 heteroatoms. The third-order valence-corrected chi connectivity index (χ3v) is 5.56. The van der Waals surface area contributed by atoms with E-state index in [1.165, 1.54) is 16.3 Å². The van der Waals surface area contributed by atoms with E-state index in [-0.39, 0.29) is 12.5 Å². The Kier molecular flexibility index (Phi) is 6.04. The lowest BCUT2D eigenvalue weighted by Crippen LogP contribution is -2.41. The number of benzene rings is 1. The van der Waals surface area contributed by atoms with Gasteiger partial charge in [-0.3, -0.25) is 9.10 Å². The molecule has 0 fully saturated rings. The van der Waals surface area contributed by atoms with Gasteiger partial charge in [0, 0.05) is 6.54 Å². The molecular formula is C18H26N2O3S. The third-order valence-electron chi connectivity index (χ3n) is 4.43. The number of carbonyl (C=O) groups excluding carboxylic acids is 1. The Morgan fingerprint density at radius 1 is 1.25 bits per heavy atom. The maximum absolute atomic E-state index is 12.3. The van der Waals surface area contributed by atoms with Crippen molar-refractivity contribution in [2.45, 2.75) is 39.5 Å². The zero-order valence-electron chi connectivity index (χ0n) is 14.6. The second kappa shape index (κ2) is 7.83. The molecule has 0 aliphatic heterocycles. The van der Waals surface area contributed by atoms with Gasteiger partial charge in [0.1, 0.15) is 6.54 Å². The summed E-state index contributed by atoms with van der Waals surface area (Å²) in [5.41, 5.74) is 3.65. The SMILES string of the molecule is Cc1cccc(N(CC(=O)NCC2=CCCCC2)S(C)(=O)=O)c1C. The summed E-state index contributed by atoms with van der Waals surface area (Å²) in [7, 11) is -3.54. The normalized spacial score (nSPS) is 14.9. The molecule has 0 bridgehead atoms. The summed E-state index contributed by atoms with van der Waals surface area (Å²) < 4.78 is 25.5. The van der Waals surface area contributed by atoms with E-state index >= 15 is 0 Å². The van der Waals surface area contributed by atoms with E-state index in [1.807, 2.05) is 19.9 Å². The fraction of sp³-hybridized carbons (Fsp3) is 0.500. The number of rotatable bonds is 6. The topological polar surface area (TPSA) is 66.5 Å². The smallest absolute Gasteiger partial charge is 0.241 e. The number of nitrogens with one attached hydrogen (secondary N) is 1. The summed E-state index contributed by atoms with van der Waals surface area (Å²) in [6, 6.07) is 5.47. The summed E-state index contributed by atoms with van der Waals surface area (Å²) in [6.07, 6.45) is 7.72. The standard InChI is InChI=1S/C18H26N2O3S/c1-14-8-7-11-17(15(14)2)20(24(3,22)23)13-18(21)19-12-16-9-5-4-6-10-16/h7-9,11H,4-6,10,12-13H2,1-3H3,(H,19,21). The van der Waals surface area contributed by atoms with Crippen molar-refractivity contribution in [3.63, 3.8) is 0 Å². The highest BCUT2D eigenvalue weighted by Gasteiger charge is 2.22. The van der Waals surface area contributed by atoms with Gasteiger partial charge in [-0.25, -0.2) is 8.42 Å². The van der Waals surface area contributed by atoms with Crippen LogP contribution in [0.1, 0.15) is 36.8 Å². The first-order chi connectivity index (χ1) is 11.3. The molecule has 0 heterocycles. The monoisotopic (exact) mass is 350 g/mol. The van der Waals surface area contributed by atoms with Crippen LogP contribution in [0.15, 0.2) is 29.8 Å². The lowest BCUT2D eigenvalue weighted by atomic mass is 10.00. The Balaban J connectivity index is 2.10. The molecule has 1 aliphatic carbocycles. The first-order valence-electron chi connectivity index (χ1n) is 8.27. The van der Waals surface area contributed by atoms with E-state index in [4.69, 9.17) is 0 Å². The maximum Gasteiger partial charge on any atom is 0.241 e. The molecular weight excluding hydrogens is 324 g/mol. The van der Waals surface area contributed by atoms with Gasteiger partial charge in [-0.05, 0) is 56.7 Å². The van der Waals surface area contributed by atoms with Crippen LogP contribution in [0.25, 0.3) is 0 Å². The Bertz CT molecular complexity index is 739. The van der Waals surface area contributed by atoms with Gasteiger partial charge in [0.05, 0.1) is 11.9 Å². The van der Waals surface area contributed by atoms with Crippen molar-refractivity contribution in [3.8, 4) is 0 Å². The molecule has 1 amide bonds. The molecule has 1 N–H and O–H groups in total. The predicted molar refractivity (Wildman–Crippen MR) is 97.7 cm³/mol. The average molecular weight is 350 g/mol. The molecule has 1 aromatic carbocycles. The molecule has 132 valence electrons. The van der Waals surface area contributed by atoms with Gasteiger partial charge in [0.2, 0.25) is 15.9 Å². The molecule has 24 heavy (non-hydrogen) atoms. The van der Waals surface area contributed by atoms with Crippen LogP contribution >= 0.6 is 0 Å². The van der Waals surface area contributed by atoms with Crippen molar-refractivity contribution in [2.24, 2.45) is 0 Å². The lowest BCUT2D eigenvalue weighted by Gasteiger charge is -2.24. The zero-order chi connectivity index (χ0) is 17.7. The molecule has 0 aromatic heterocycles. The van der Waals surface area contributed by atoms with Crippen LogP contribution in [0.4, 0.5) is 5.69 Å². The summed E-state index contributed by atoms with van der Waals surface area (Å²) in [6.45, 7) is 4.10. The highest BCUT2D eigenvalue weighted by molar-refractivity contribution is 7.92. The second-order valence-electron chi connectivity index (χ2n) is 6.37. The van der Waals surface area contributed by atoms with Crippen LogP contribution in [0.5, 0.6) is 0 Å². The van der Waals surface area contributed by atoms with Crippen molar-refractivity contribution in [1.29, 1.82) is 0 Å². The summed E-state index contributed by atoms with van der Waals surface area (Å²) in [5.74, 6) is -0.284. The summed E-state index contributed by atoms with van der Waals surface area (Å²) in [4.78, 5) is 12.3. The van der Waals surface area contributed by atoms with E-state index in [2.05, 4.69) is 11.4 Å². The van der Waals surface area contributed by atoms with Crippen molar-refractivity contribution in [1.82, 2.24) is 5.32 Å². The molecule has 5 nitrogen and oxygen atoms in total. The van der Waals surface area contributed by atoms with Crippen molar-refractivity contribution in [2.75, 3.05) is 23.7 Å². The van der Waals surface area contributed by atoms with Crippen LogP contribution in [0.2, 0.25) is 0 Å². The number of hydrogen-bond acceptors (Lipinski definition) is 3.